The third-order valence-electron chi connectivity index (χ3n) is 4.35. The molecule has 5 nitrogen and oxygen atoms in total. The van der Waals surface area contributed by atoms with Gasteiger partial charge in [0, 0.05) is 31.9 Å². The molecule has 0 unspecified atom stereocenters. The van der Waals surface area contributed by atoms with Gasteiger partial charge in [0.05, 0.1) is 7.11 Å². The molecule has 0 bridgehead atoms. The van der Waals surface area contributed by atoms with Crippen LogP contribution in [0.1, 0.15) is 16.8 Å². The standard InChI is InChI=1S/C22H26N4O/c1-17-15-21(26(2)16-19-7-5-4-6-8-19)25-22(24-17)23-14-13-18-9-11-20(27-3)12-10-18/h4-12,15H,13-14,16H2,1-3H3,(H,23,24,25). The molecule has 0 spiro atoms. The zero-order valence-electron chi connectivity index (χ0n) is 16.1. The summed E-state index contributed by atoms with van der Waals surface area (Å²) in [6.45, 7) is 3.58. The molecular weight excluding hydrogens is 336 g/mol. The second-order valence-electron chi connectivity index (χ2n) is 6.56. The van der Waals surface area contributed by atoms with E-state index in [4.69, 9.17) is 4.74 Å². The van der Waals surface area contributed by atoms with Crippen molar-refractivity contribution in [2.45, 2.75) is 19.9 Å². The molecule has 140 valence electrons. The largest absolute Gasteiger partial charge is 0.497 e. The summed E-state index contributed by atoms with van der Waals surface area (Å²) in [7, 11) is 3.73. The molecule has 5 heteroatoms. The fraction of sp³-hybridized carbons (Fsp3) is 0.273. The zero-order valence-corrected chi connectivity index (χ0v) is 16.1. The van der Waals surface area contributed by atoms with Crippen molar-refractivity contribution < 1.29 is 4.74 Å². The first-order valence-electron chi connectivity index (χ1n) is 9.11. The number of methoxy groups -OCH3 is 1. The number of aryl methyl sites for hydroxylation is 1. The van der Waals surface area contributed by atoms with Crippen molar-refractivity contribution >= 4 is 11.8 Å². The monoisotopic (exact) mass is 362 g/mol. The lowest BCUT2D eigenvalue weighted by Gasteiger charge is -2.19. The highest BCUT2D eigenvalue weighted by molar-refractivity contribution is 5.45. The van der Waals surface area contributed by atoms with Crippen molar-refractivity contribution in [1.82, 2.24) is 9.97 Å². The Balaban J connectivity index is 1.60. The van der Waals surface area contributed by atoms with Crippen molar-refractivity contribution in [1.29, 1.82) is 0 Å². The van der Waals surface area contributed by atoms with E-state index in [9.17, 15) is 0 Å². The van der Waals surface area contributed by atoms with E-state index in [0.29, 0.717) is 5.95 Å². The van der Waals surface area contributed by atoms with Crippen LogP contribution in [0.4, 0.5) is 11.8 Å². The second-order valence-corrected chi connectivity index (χ2v) is 6.56. The van der Waals surface area contributed by atoms with Crippen LogP contribution in [0.5, 0.6) is 5.75 Å². The summed E-state index contributed by atoms with van der Waals surface area (Å²) in [6.07, 6.45) is 0.899. The van der Waals surface area contributed by atoms with Gasteiger partial charge in [-0.15, -0.1) is 0 Å². The molecule has 3 aromatic rings. The predicted octanol–water partition coefficient (Wildman–Crippen LogP) is 4.08. The summed E-state index contributed by atoms with van der Waals surface area (Å²) < 4.78 is 5.19. The van der Waals surface area contributed by atoms with Crippen LogP contribution < -0.4 is 15.0 Å². The molecule has 0 fully saturated rings. The van der Waals surface area contributed by atoms with Gasteiger partial charge in [-0.1, -0.05) is 42.5 Å². The number of nitrogens with one attached hydrogen (secondary N) is 1. The molecule has 0 aliphatic rings. The maximum atomic E-state index is 5.19. The molecule has 1 N–H and O–H groups in total. The Labute approximate surface area is 161 Å². The summed E-state index contributed by atoms with van der Waals surface area (Å²) in [5, 5.41) is 3.34. The van der Waals surface area contributed by atoms with Crippen molar-refractivity contribution in [3.63, 3.8) is 0 Å². The van der Waals surface area contributed by atoms with Crippen LogP contribution in [0.15, 0.2) is 60.7 Å². The number of hydrogen-bond donors (Lipinski definition) is 1. The summed E-state index contributed by atoms with van der Waals surface area (Å²) in [6, 6.07) is 20.5. The Bertz CT molecular complexity index is 850. The van der Waals surface area contributed by atoms with E-state index in [1.165, 1.54) is 11.1 Å². The molecule has 0 amide bonds. The van der Waals surface area contributed by atoms with Crippen LogP contribution in [-0.2, 0) is 13.0 Å². The minimum atomic E-state index is 0.665. The van der Waals surface area contributed by atoms with Crippen molar-refractivity contribution in [2.75, 3.05) is 30.9 Å². The van der Waals surface area contributed by atoms with Crippen LogP contribution in [0.2, 0.25) is 0 Å². The van der Waals surface area contributed by atoms with Crippen LogP contribution in [0.25, 0.3) is 0 Å². The maximum absolute atomic E-state index is 5.19. The zero-order chi connectivity index (χ0) is 19.1. The van der Waals surface area contributed by atoms with E-state index < -0.39 is 0 Å². The van der Waals surface area contributed by atoms with Crippen molar-refractivity contribution in [3.8, 4) is 5.75 Å². The fourth-order valence-corrected chi connectivity index (χ4v) is 2.88. The van der Waals surface area contributed by atoms with Gasteiger partial charge in [0.2, 0.25) is 5.95 Å². The van der Waals surface area contributed by atoms with Gasteiger partial charge in [0.25, 0.3) is 0 Å². The quantitative estimate of drug-likeness (QED) is 0.654. The molecule has 0 aliphatic heterocycles. The Morgan fingerprint density at radius 3 is 2.41 bits per heavy atom. The van der Waals surface area contributed by atoms with E-state index in [1.54, 1.807) is 7.11 Å². The number of anilines is 2. The Kier molecular flexibility index (Phi) is 6.26. The fourth-order valence-electron chi connectivity index (χ4n) is 2.88. The summed E-state index contributed by atoms with van der Waals surface area (Å²) in [5.74, 6) is 2.46. The maximum Gasteiger partial charge on any atom is 0.224 e. The molecular formula is C22H26N4O. The molecule has 0 saturated heterocycles. The van der Waals surface area contributed by atoms with Crippen molar-refractivity contribution in [3.05, 3.63) is 77.5 Å². The summed E-state index contributed by atoms with van der Waals surface area (Å²) in [5.41, 5.74) is 3.45. The molecule has 1 heterocycles. The third-order valence-corrected chi connectivity index (χ3v) is 4.35. The minimum Gasteiger partial charge on any atom is -0.497 e. The van der Waals surface area contributed by atoms with Gasteiger partial charge in [-0.05, 0) is 36.6 Å². The topological polar surface area (TPSA) is 50.3 Å². The Hall–Kier alpha value is -3.08. The smallest absolute Gasteiger partial charge is 0.224 e. The highest BCUT2D eigenvalue weighted by Crippen LogP contribution is 2.16. The third kappa shape index (κ3) is 5.45. The van der Waals surface area contributed by atoms with E-state index >= 15 is 0 Å². The molecule has 27 heavy (non-hydrogen) atoms. The average Bonchev–Trinajstić information content (AvgIpc) is 2.69. The number of hydrogen-bond acceptors (Lipinski definition) is 5. The van der Waals surface area contributed by atoms with Gasteiger partial charge in [-0.3, -0.25) is 0 Å². The first-order valence-corrected chi connectivity index (χ1v) is 9.11. The molecule has 0 radical (unpaired) electrons. The van der Waals surface area contributed by atoms with E-state index in [2.05, 4.69) is 63.6 Å². The van der Waals surface area contributed by atoms with Crippen LogP contribution in [-0.4, -0.2) is 30.7 Å². The van der Waals surface area contributed by atoms with Crippen LogP contribution >= 0.6 is 0 Å². The molecule has 0 saturated carbocycles. The summed E-state index contributed by atoms with van der Waals surface area (Å²) >= 11 is 0. The van der Waals surface area contributed by atoms with Gasteiger partial charge in [-0.2, -0.15) is 4.98 Å². The molecule has 2 aromatic carbocycles. The first-order chi connectivity index (χ1) is 13.1. The lowest BCUT2D eigenvalue weighted by molar-refractivity contribution is 0.414. The lowest BCUT2D eigenvalue weighted by Crippen LogP contribution is -2.19. The highest BCUT2D eigenvalue weighted by atomic mass is 16.5. The van der Waals surface area contributed by atoms with E-state index in [-0.39, 0.29) is 0 Å². The molecule has 0 aliphatic carbocycles. The van der Waals surface area contributed by atoms with Gasteiger partial charge in [-0.25, -0.2) is 4.98 Å². The van der Waals surface area contributed by atoms with Gasteiger partial charge >= 0.3 is 0 Å². The average molecular weight is 362 g/mol. The predicted molar refractivity (Wildman–Crippen MR) is 111 cm³/mol. The van der Waals surface area contributed by atoms with Gasteiger partial charge < -0.3 is 15.0 Å². The lowest BCUT2D eigenvalue weighted by atomic mass is 10.1. The SMILES string of the molecule is COc1ccc(CCNc2nc(C)cc(N(C)Cc3ccccc3)n2)cc1. The van der Waals surface area contributed by atoms with E-state index in [1.807, 2.05) is 31.2 Å². The molecule has 1 aromatic heterocycles. The summed E-state index contributed by atoms with van der Waals surface area (Å²) in [4.78, 5) is 11.3. The number of rotatable bonds is 8. The number of aromatic nitrogens is 2. The second kappa shape index (κ2) is 9.03. The molecule has 3 rings (SSSR count). The Morgan fingerprint density at radius 1 is 0.963 bits per heavy atom. The first kappa shape index (κ1) is 18.7. The van der Waals surface area contributed by atoms with Crippen molar-refractivity contribution in [2.24, 2.45) is 0 Å². The minimum absolute atomic E-state index is 0.665. The highest BCUT2D eigenvalue weighted by Gasteiger charge is 2.07. The van der Waals surface area contributed by atoms with Crippen LogP contribution in [0, 0.1) is 6.92 Å². The van der Waals surface area contributed by atoms with Gasteiger partial charge in [0.1, 0.15) is 11.6 Å². The van der Waals surface area contributed by atoms with Crippen LogP contribution in [0.3, 0.4) is 0 Å². The van der Waals surface area contributed by atoms with Gasteiger partial charge in [0.15, 0.2) is 0 Å². The Morgan fingerprint density at radius 2 is 1.70 bits per heavy atom. The number of benzene rings is 2. The normalized spacial score (nSPS) is 10.5. The van der Waals surface area contributed by atoms with E-state index in [0.717, 1.165) is 36.8 Å². The number of nitrogens with zero attached hydrogens (tertiary/aromatic N) is 3. The number of ether oxygens (including phenoxy) is 1. The molecule has 0 atom stereocenters.